The maximum atomic E-state index is 10.5. The van der Waals surface area contributed by atoms with Crippen LogP contribution in [0.5, 0.6) is 0 Å². The van der Waals surface area contributed by atoms with E-state index in [-0.39, 0.29) is 19.2 Å². The molecule has 0 aromatic rings. The van der Waals surface area contributed by atoms with Crippen molar-refractivity contribution < 1.29 is 24.5 Å². The highest BCUT2D eigenvalue weighted by Crippen LogP contribution is 1.90. The molecule has 0 spiro atoms. The number of ether oxygens (including phenoxy) is 2. The molecule has 0 radical (unpaired) electrons. The van der Waals surface area contributed by atoms with Gasteiger partial charge in [-0.05, 0) is 27.7 Å². The lowest BCUT2D eigenvalue weighted by Gasteiger charge is -1.97. The number of esters is 1. The van der Waals surface area contributed by atoms with Crippen LogP contribution in [0.25, 0.3) is 0 Å². The number of aliphatic hydroxyl groups excluding tert-OH is 2. The lowest BCUT2D eigenvalue weighted by atomic mass is 10.4. The maximum Gasteiger partial charge on any atom is 0.333 e. The van der Waals surface area contributed by atoms with Crippen LogP contribution in [0.1, 0.15) is 27.7 Å². The first kappa shape index (κ1) is 23.0. The van der Waals surface area contributed by atoms with Gasteiger partial charge in [0.25, 0.3) is 0 Å². The number of carbonyl (C=O) groups is 1. The van der Waals surface area contributed by atoms with E-state index in [0.29, 0.717) is 5.57 Å². The van der Waals surface area contributed by atoms with Crippen LogP contribution >= 0.6 is 0 Å². The summed E-state index contributed by atoms with van der Waals surface area (Å²) in [5.74, 6) is -0.366. The van der Waals surface area contributed by atoms with Crippen LogP contribution in [0.2, 0.25) is 0 Å². The van der Waals surface area contributed by atoms with Crippen LogP contribution in [0.3, 0.4) is 0 Å². The fourth-order valence-corrected chi connectivity index (χ4v) is 0.462. The Morgan fingerprint density at radius 3 is 1.95 bits per heavy atom. The Morgan fingerprint density at radius 2 is 1.79 bits per heavy atom. The largest absolute Gasteiger partial charge is 0.458 e. The summed E-state index contributed by atoms with van der Waals surface area (Å²) in [5.41, 5.74) is 0.414. The zero-order valence-electron chi connectivity index (χ0n) is 12.5. The van der Waals surface area contributed by atoms with Gasteiger partial charge in [-0.25, -0.2) is 4.79 Å². The first-order valence-corrected chi connectivity index (χ1v) is 6.17. The normalized spacial score (nSPS) is 10.0. The average molecular weight is 276 g/mol. The third-order valence-electron chi connectivity index (χ3n) is 1.35. The zero-order chi connectivity index (χ0) is 15.7. The average Bonchev–Trinajstić information content (AvgIpc) is 2.38. The third kappa shape index (κ3) is 31.6. The molecule has 5 nitrogen and oxygen atoms in total. The Kier molecular flexibility index (Phi) is 23.2. The number of aliphatic hydroxyl groups is 2. The maximum absolute atomic E-state index is 10.5. The Hall–Kier alpha value is -1.17. The van der Waals surface area contributed by atoms with Gasteiger partial charge in [0.2, 0.25) is 0 Å². The highest BCUT2D eigenvalue weighted by Gasteiger charge is 1.98. The number of carbonyl (C=O) groups excluding carboxylic acids is 1. The van der Waals surface area contributed by atoms with Crippen LogP contribution in [-0.4, -0.2) is 48.7 Å². The first-order chi connectivity index (χ1) is 8.87. The molecular formula is C14H28O5. The highest BCUT2D eigenvalue weighted by atomic mass is 16.5. The minimum absolute atomic E-state index is 0.139. The van der Waals surface area contributed by atoms with E-state index < -0.39 is 6.10 Å². The smallest absolute Gasteiger partial charge is 0.333 e. The molecule has 5 heteroatoms. The molecule has 0 heterocycles. The zero-order valence-corrected chi connectivity index (χ0v) is 12.5. The topological polar surface area (TPSA) is 76.0 Å². The van der Waals surface area contributed by atoms with Gasteiger partial charge in [-0.15, -0.1) is 0 Å². The SMILES string of the molecule is C=CCOC(=O)C(=C)C.CC(O)CO.CCOCC. The summed E-state index contributed by atoms with van der Waals surface area (Å²) in [4.78, 5) is 10.5. The molecule has 0 aromatic carbocycles. The molecule has 19 heavy (non-hydrogen) atoms. The molecule has 0 saturated heterocycles. The Bertz CT molecular complexity index is 222. The van der Waals surface area contributed by atoms with Gasteiger partial charge in [0.05, 0.1) is 12.7 Å². The molecule has 0 saturated carbocycles. The summed E-state index contributed by atoms with van der Waals surface area (Å²) in [6, 6.07) is 0. The van der Waals surface area contributed by atoms with E-state index in [0.717, 1.165) is 13.2 Å². The molecule has 0 aromatic heterocycles. The minimum Gasteiger partial charge on any atom is -0.458 e. The van der Waals surface area contributed by atoms with Crippen molar-refractivity contribution in [2.24, 2.45) is 0 Å². The van der Waals surface area contributed by atoms with E-state index in [9.17, 15) is 4.79 Å². The van der Waals surface area contributed by atoms with Crippen LogP contribution in [0, 0.1) is 0 Å². The summed E-state index contributed by atoms with van der Waals surface area (Å²) in [6.07, 6.45) is 0.955. The molecule has 0 aliphatic heterocycles. The standard InChI is InChI=1S/C7H10O2.C4H10O.C3H8O2/c1-4-5-9-7(8)6(2)3;1-3-5-4-2;1-3(5)2-4/h4H,1-2,5H2,3H3;3-4H2,1-2H3;3-5H,2H2,1H3. The van der Waals surface area contributed by atoms with Gasteiger partial charge >= 0.3 is 5.97 Å². The van der Waals surface area contributed by atoms with Crippen molar-refractivity contribution in [3.05, 3.63) is 24.8 Å². The van der Waals surface area contributed by atoms with E-state index in [1.807, 2.05) is 13.8 Å². The molecule has 0 aliphatic carbocycles. The molecule has 0 amide bonds. The number of hydrogen-bond acceptors (Lipinski definition) is 5. The highest BCUT2D eigenvalue weighted by molar-refractivity contribution is 5.86. The van der Waals surface area contributed by atoms with Crippen molar-refractivity contribution in [2.45, 2.75) is 33.8 Å². The summed E-state index contributed by atoms with van der Waals surface area (Å²) in [7, 11) is 0. The van der Waals surface area contributed by atoms with Crippen molar-refractivity contribution in [1.29, 1.82) is 0 Å². The van der Waals surface area contributed by atoms with E-state index >= 15 is 0 Å². The molecule has 0 rings (SSSR count). The lowest BCUT2D eigenvalue weighted by Crippen LogP contribution is -2.03. The second kappa shape index (κ2) is 19.2. The third-order valence-corrected chi connectivity index (χ3v) is 1.35. The van der Waals surface area contributed by atoms with Crippen molar-refractivity contribution in [3.63, 3.8) is 0 Å². The predicted octanol–water partition coefficient (Wildman–Crippen LogP) is 1.69. The second-order valence-corrected chi connectivity index (χ2v) is 3.48. The minimum atomic E-state index is -0.560. The van der Waals surface area contributed by atoms with Crippen LogP contribution in [-0.2, 0) is 14.3 Å². The Balaban J connectivity index is -0.000000219. The van der Waals surface area contributed by atoms with Crippen LogP contribution < -0.4 is 0 Å². The van der Waals surface area contributed by atoms with Crippen molar-refractivity contribution in [2.75, 3.05) is 26.4 Å². The first-order valence-electron chi connectivity index (χ1n) is 6.17. The van der Waals surface area contributed by atoms with E-state index in [1.165, 1.54) is 13.0 Å². The fourth-order valence-electron chi connectivity index (χ4n) is 0.462. The molecule has 0 aliphatic rings. The summed E-state index contributed by atoms with van der Waals surface area (Å²) >= 11 is 0. The molecule has 114 valence electrons. The van der Waals surface area contributed by atoms with Gasteiger partial charge < -0.3 is 19.7 Å². The molecule has 1 unspecified atom stereocenters. The quantitative estimate of drug-likeness (QED) is 0.438. The van der Waals surface area contributed by atoms with Crippen molar-refractivity contribution in [1.82, 2.24) is 0 Å². The van der Waals surface area contributed by atoms with E-state index in [2.05, 4.69) is 17.9 Å². The van der Waals surface area contributed by atoms with Crippen molar-refractivity contribution in [3.8, 4) is 0 Å². The Morgan fingerprint density at radius 1 is 1.37 bits per heavy atom. The van der Waals surface area contributed by atoms with Gasteiger partial charge in [-0.1, -0.05) is 19.2 Å². The fraction of sp³-hybridized carbons (Fsp3) is 0.643. The van der Waals surface area contributed by atoms with E-state index in [1.54, 1.807) is 6.92 Å². The van der Waals surface area contributed by atoms with Gasteiger partial charge in [0.15, 0.2) is 0 Å². The molecule has 0 bridgehead atoms. The van der Waals surface area contributed by atoms with Crippen molar-refractivity contribution >= 4 is 5.97 Å². The van der Waals surface area contributed by atoms with Crippen LogP contribution in [0.15, 0.2) is 24.8 Å². The van der Waals surface area contributed by atoms with E-state index in [4.69, 9.17) is 14.9 Å². The molecular weight excluding hydrogens is 248 g/mol. The summed E-state index contributed by atoms with van der Waals surface area (Å²) < 4.78 is 9.43. The molecule has 0 fully saturated rings. The Labute approximate surface area is 116 Å². The summed E-state index contributed by atoms with van der Waals surface area (Å²) in [6.45, 7) is 15.7. The van der Waals surface area contributed by atoms with Gasteiger partial charge in [0.1, 0.15) is 6.61 Å². The predicted molar refractivity (Wildman–Crippen MR) is 76.9 cm³/mol. The van der Waals surface area contributed by atoms with Crippen LogP contribution in [0.4, 0.5) is 0 Å². The number of rotatable bonds is 6. The number of hydrogen-bond donors (Lipinski definition) is 2. The van der Waals surface area contributed by atoms with Gasteiger partial charge in [0, 0.05) is 18.8 Å². The lowest BCUT2D eigenvalue weighted by molar-refractivity contribution is -0.137. The molecule has 2 N–H and O–H groups in total. The van der Waals surface area contributed by atoms with Gasteiger partial charge in [-0.2, -0.15) is 0 Å². The summed E-state index contributed by atoms with van der Waals surface area (Å²) in [5, 5.41) is 16.0. The van der Waals surface area contributed by atoms with Gasteiger partial charge in [-0.3, -0.25) is 0 Å². The monoisotopic (exact) mass is 276 g/mol. The second-order valence-electron chi connectivity index (χ2n) is 3.48. The molecule has 1 atom stereocenters.